The van der Waals surface area contributed by atoms with Gasteiger partial charge in [0.25, 0.3) is 0 Å². The molecule has 0 saturated carbocycles. The molecule has 5 rings (SSSR count). The lowest BCUT2D eigenvalue weighted by Gasteiger charge is -2.13. The summed E-state index contributed by atoms with van der Waals surface area (Å²) in [4.78, 5) is 13.2. The quantitative estimate of drug-likeness (QED) is 0.484. The van der Waals surface area contributed by atoms with E-state index in [0.29, 0.717) is 17.1 Å². The van der Waals surface area contributed by atoms with Crippen molar-refractivity contribution in [2.75, 3.05) is 6.79 Å². The van der Waals surface area contributed by atoms with Crippen molar-refractivity contribution in [2.45, 2.75) is 6.61 Å². The van der Waals surface area contributed by atoms with Gasteiger partial charge in [0.2, 0.25) is 18.0 Å². The number of hydrogen-bond acceptors (Lipinski definition) is 7. The Hall–Kier alpha value is -4.27. The minimum atomic E-state index is -1.05. The van der Waals surface area contributed by atoms with Crippen LogP contribution in [0.4, 0.5) is 8.78 Å². The standard InChI is InChI=1S/C23H14F2O7/c24-14-3-1-11(5-15(14)25)9-29-23-21(28)20-16(27)7-13(26)8-19(20)32-22(23)12-2-4-17-18(6-12)31-10-30-17/h1-8,26-27H,9-10H2. The Labute approximate surface area is 178 Å². The van der Waals surface area contributed by atoms with Crippen molar-refractivity contribution in [1.82, 2.24) is 0 Å². The molecular weight excluding hydrogens is 426 g/mol. The average molecular weight is 440 g/mol. The minimum Gasteiger partial charge on any atom is -0.508 e. The largest absolute Gasteiger partial charge is 0.508 e. The SMILES string of the molecule is O=c1c(OCc2ccc(F)c(F)c2)c(-c2ccc3c(c2)OCO3)oc2cc(O)cc(O)c12. The first-order valence-electron chi connectivity index (χ1n) is 9.40. The molecule has 3 aromatic carbocycles. The minimum absolute atomic E-state index is 0.00613. The van der Waals surface area contributed by atoms with Crippen molar-refractivity contribution in [3.8, 4) is 40.1 Å². The van der Waals surface area contributed by atoms with Crippen LogP contribution in [0.3, 0.4) is 0 Å². The summed E-state index contributed by atoms with van der Waals surface area (Å²) in [6.45, 7) is -0.231. The van der Waals surface area contributed by atoms with Crippen LogP contribution < -0.4 is 19.6 Å². The van der Waals surface area contributed by atoms with Gasteiger partial charge in [0.1, 0.15) is 29.1 Å². The van der Waals surface area contributed by atoms with Crippen LogP contribution in [0.25, 0.3) is 22.3 Å². The topological polar surface area (TPSA) is 98.4 Å². The Kier molecular flexibility index (Phi) is 4.58. The molecule has 2 N–H and O–H groups in total. The van der Waals surface area contributed by atoms with Crippen LogP contribution in [0, 0.1) is 11.6 Å². The first-order valence-corrected chi connectivity index (χ1v) is 9.40. The lowest BCUT2D eigenvalue weighted by atomic mass is 10.1. The maximum absolute atomic E-state index is 13.6. The summed E-state index contributed by atoms with van der Waals surface area (Å²) >= 11 is 0. The number of fused-ring (bicyclic) bond motifs is 2. The van der Waals surface area contributed by atoms with Crippen molar-refractivity contribution >= 4 is 11.0 Å². The molecule has 4 aromatic rings. The maximum Gasteiger partial charge on any atom is 0.239 e. The highest BCUT2D eigenvalue weighted by Crippen LogP contribution is 2.40. The van der Waals surface area contributed by atoms with E-state index in [-0.39, 0.29) is 47.2 Å². The summed E-state index contributed by atoms with van der Waals surface area (Å²) < 4.78 is 49.0. The van der Waals surface area contributed by atoms with E-state index in [1.165, 1.54) is 12.1 Å². The first kappa shape index (κ1) is 19.7. The molecule has 9 heteroatoms. The van der Waals surface area contributed by atoms with Crippen LogP contribution in [-0.2, 0) is 6.61 Å². The highest BCUT2D eigenvalue weighted by atomic mass is 19.2. The molecule has 162 valence electrons. The zero-order valence-electron chi connectivity index (χ0n) is 16.2. The molecule has 0 saturated heterocycles. The fourth-order valence-electron chi connectivity index (χ4n) is 3.41. The van der Waals surface area contributed by atoms with Crippen LogP contribution >= 0.6 is 0 Å². The van der Waals surface area contributed by atoms with Gasteiger partial charge < -0.3 is 28.8 Å². The number of phenols is 2. The molecule has 0 spiro atoms. The van der Waals surface area contributed by atoms with Crippen molar-refractivity contribution in [3.05, 3.63) is 76.0 Å². The molecule has 2 heterocycles. The number of benzene rings is 3. The summed E-state index contributed by atoms with van der Waals surface area (Å²) in [7, 11) is 0. The van der Waals surface area contributed by atoms with Crippen molar-refractivity contribution in [1.29, 1.82) is 0 Å². The molecule has 0 amide bonds. The van der Waals surface area contributed by atoms with E-state index in [4.69, 9.17) is 18.6 Å². The lowest BCUT2D eigenvalue weighted by molar-refractivity contribution is 0.174. The highest BCUT2D eigenvalue weighted by Gasteiger charge is 2.23. The molecule has 1 aromatic heterocycles. The number of halogens is 2. The van der Waals surface area contributed by atoms with Gasteiger partial charge in [0.05, 0.1) is 0 Å². The van der Waals surface area contributed by atoms with E-state index in [1.54, 1.807) is 18.2 Å². The summed E-state index contributed by atoms with van der Waals surface area (Å²) in [5.74, 6) is -2.19. The molecule has 7 nitrogen and oxygen atoms in total. The predicted octanol–water partition coefficient (Wildman–Crippen LogP) is 4.46. The normalized spacial score (nSPS) is 12.3. The number of rotatable bonds is 4. The van der Waals surface area contributed by atoms with Gasteiger partial charge >= 0.3 is 0 Å². The van der Waals surface area contributed by atoms with Crippen LogP contribution in [-0.4, -0.2) is 17.0 Å². The van der Waals surface area contributed by atoms with E-state index >= 15 is 0 Å². The van der Waals surface area contributed by atoms with E-state index in [9.17, 15) is 23.8 Å². The Bertz CT molecular complexity index is 1430. The zero-order valence-corrected chi connectivity index (χ0v) is 16.2. The fraction of sp³-hybridized carbons (Fsp3) is 0.0870. The number of ether oxygens (including phenoxy) is 3. The van der Waals surface area contributed by atoms with Crippen LogP contribution in [0.15, 0.2) is 57.7 Å². The Morgan fingerprint density at radius 3 is 2.56 bits per heavy atom. The summed E-state index contributed by atoms with van der Waals surface area (Å²) in [6, 6.07) is 10.2. The van der Waals surface area contributed by atoms with Gasteiger partial charge in [-0.3, -0.25) is 4.79 Å². The third-order valence-corrected chi connectivity index (χ3v) is 4.92. The summed E-state index contributed by atoms with van der Waals surface area (Å²) in [5, 5.41) is 19.8. The van der Waals surface area contributed by atoms with Gasteiger partial charge in [0, 0.05) is 17.7 Å². The molecule has 0 unspecified atom stereocenters. The molecule has 0 radical (unpaired) electrons. The lowest BCUT2D eigenvalue weighted by Crippen LogP contribution is -2.10. The Morgan fingerprint density at radius 2 is 1.75 bits per heavy atom. The van der Waals surface area contributed by atoms with Crippen molar-refractivity contribution in [3.63, 3.8) is 0 Å². The molecule has 0 bridgehead atoms. The van der Waals surface area contributed by atoms with Crippen molar-refractivity contribution in [2.24, 2.45) is 0 Å². The van der Waals surface area contributed by atoms with E-state index < -0.39 is 22.8 Å². The monoisotopic (exact) mass is 440 g/mol. The van der Waals surface area contributed by atoms with E-state index in [2.05, 4.69) is 0 Å². The van der Waals surface area contributed by atoms with Crippen LogP contribution in [0.2, 0.25) is 0 Å². The smallest absolute Gasteiger partial charge is 0.239 e. The van der Waals surface area contributed by atoms with Crippen LogP contribution in [0.1, 0.15) is 5.56 Å². The maximum atomic E-state index is 13.6. The van der Waals surface area contributed by atoms with Gasteiger partial charge in [-0.15, -0.1) is 0 Å². The fourth-order valence-corrected chi connectivity index (χ4v) is 3.41. The van der Waals surface area contributed by atoms with E-state index in [0.717, 1.165) is 18.2 Å². The first-order chi connectivity index (χ1) is 15.4. The third kappa shape index (κ3) is 3.33. The van der Waals surface area contributed by atoms with Gasteiger partial charge in [-0.25, -0.2) is 8.78 Å². The predicted molar refractivity (Wildman–Crippen MR) is 108 cm³/mol. The Morgan fingerprint density at radius 1 is 0.938 bits per heavy atom. The summed E-state index contributed by atoms with van der Waals surface area (Å²) in [6.07, 6.45) is 0. The van der Waals surface area contributed by atoms with Gasteiger partial charge in [-0.05, 0) is 35.9 Å². The molecule has 1 aliphatic heterocycles. The second kappa shape index (κ2) is 7.45. The number of phenolic OH excluding ortho intramolecular Hbond substituents is 2. The molecular formula is C23H14F2O7. The van der Waals surface area contributed by atoms with Gasteiger partial charge in [0.15, 0.2) is 28.9 Å². The second-order valence-corrected chi connectivity index (χ2v) is 7.03. The van der Waals surface area contributed by atoms with Crippen molar-refractivity contribution < 1.29 is 37.6 Å². The Balaban J connectivity index is 1.66. The summed E-state index contributed by atoms with van der Waals surface area (Å²) in [5.41, 5.74) is -0.106. The highest BCUT2D eigenvalue weighted by molar-refractivity contribution is 5.88. The number of aromatic hydroxyl groups is 2. The van der Waals surface area contributed by atoms with Gasteiger partial charge in [-0.1, -0.05) is 6.07 Å². The molecule has 32 heavy (non-hydrogen) atoms. The van der Waals surface area contributed by atoms with E-state index in [1.807, 2.05) is 0 Å². The average Bonchev–Trinajstić information content (AvgIpc) is 3.22. The second-order valence-electron chi connectivity index (χ2n) is 7.03. The van der Waals surface area contributed by atoms with Gasteiger partial charge in [-0.2, -0.15) is 0 Å². The molecule has 1 aliphatic rings. The number of hydrogen-bond donors (Lipinski definition) is 2. The molecule has 0 atom stereocenters. The molecule has 0 aliphatic carbocycles. The van der Waals surface area contributed by atoms with Crippen LogP contribution in [0.5, 0.6) is 28.7 Å². The third-order valence-electron chi connectivity index (χ3n) is 4.92. The zero-order chi connectivity index (χ0) is 22.4. The molecule has 0 fully saturated rings.